The Morgan fingerprint density at radius 3 is 2.68 bits per heavy atom. The van der Waals surface area contributed by atoms with Gasteiger partial charge in [0, 0.05) is 17.9 Å². The largest absolute Gasteiger partial charge is 0.487 e. The lowest BCUT2D eigenvalue weighted by Gasteiger charge is -2.56. The van der Waals surface area contributed by atoms with E-state index in [-0.39, 0.29) is 23.4 Å². The van der Waals surface area contributed by atoms with Crippen LogP contribution in [0.2, 0.25) is 0 Å². The minimum atomic E-state index is -0.267. The highest BCUT2D eigenvalue weighted by molar-refractivity contribution is 5.30. The molecule has 2 aliphatic rings. The van der Waals surface area contributed by atoms with E-state index < -0.39 is 0 Å². The minimum absolute atomic E-state index is 0.0964. The summed E-state index contributed by atoms with van der Waals surface area (Å²) < 4.78 is 19.8. The monoisotopic (exact) mass is 263 g/mol. The average molecular weight is 263 g/mol. The summed E-state index contributed by atoms with van der Waals surface area (Å²) in [5.41, 5.74) is 7.36. The number of hydrogen-bond acceptors (Lipinski definition) is 2. The maximum atomic E-state index is 13.8. The van der Waals surface area contributed by atoms with Crippen molar-refractivity contribution in [1.82, 2.24) is 0 Å². The van der Waals surface area contributed by atoms with Crippen molar-refractivity contribution < 1.29 is 9.13 Å². The molecule has 1 aromatic rings. The molecule has 2 atom stereocenters. The zero-order valence-electron chi connectivity index (χ0n) is 11.5. The van der Waals surface area contributed by atoms with Gasteiger partial charge in [-0.05, 0) is 37.5 Å². The third-order valence-electron chi connectivity index (χ3n) is 4.99. The normalized spacial score (nSPS) is 29.0. The first-order valence-corrected chi connectivity index (χ1v) is 7.30. The van der Waals surface area contributed by atoms with Crippen LogP contribution in [0.25, 0.3) is 0 Å². The van der Waals surface area contributed by atoms with E-state index in [4.69, 9.17) is 10.5 Å². The summed E-state index contributed by atoms with van der Waals surface area (Å²) >= 11 is 0. The molecule has 2 aliphatic carbocycles. The Morgan fingerprint density at radius 2 is 2.00 bits per heavy atom. The van der Waals surface area contributed by atoms with Crippen molar-refractivity contribution >= 4 is 0 Å². The van der Waals surface area contributed by atoms with Crippen molar-refractivity contribution in [3.63, 3.8) is 0 Å². The first kappa shape index (κ1) is 12.9. The molecule has 2 fully saturated rings. The molecule has 19 heavy (non-hydrogen) atoms. The highest BCUT2D eigenvalue weighted by atomic mass is 19.1. The molecule has 1 aromatic carbocycles. The van der Waals surface area contributed by atoms with Crippen molar-refractivity contribution in [2.45, 2.75) is 57.6 Å². The summed E-state index contributed by atoms with van der Waals surface area (Å²) in [5, 5.41) is 0. The molecule has 0 radical (unpaired) electrons. The van der Waals surface area contributed by atoms with Crippen molar-refractivity contribution in [3.8, 4) is 5.75 Å². The van der Waals surface area contributed by atoms with Gasteiger partial charge in [-0.25, -0.2) is 4.39 Å². The van der Waals surface area contributed by atoms with Crippen LogP contribution in [0.15, 0.2) is 18.2 Å². The zero-order valence-corrected chi connectivity index (χ0v) is 11.5. The van der Waals surface area contributed by atoms with Gasteiger partial charge in [-0.2, -0.15) is 0 Å². The molecule has 2 N–H and O–H groups in total. The SMILES string of the molecule is Cc1ccc(F)c(OC2CC(N)C23CCCCC3)c1. The van der Waals surface area contributed by atoms with E-state index in [2.05, 4.69) is 0 Å². The predicted molar refractivity (Wildman–Crippen MR) is 73.7 cm³/mol. The summed E-state index contributed by atoms with van der Waals surface area (Å²) in [7, 11) is 0. The summed E-state index contributed by atoms with van der Waals surface area (Å²) in [5.74, 6) is 0.124. The molecule has 0 amide bonds. The fourth-order valence-electron chi connectivity index (χ4n) is 3.70. The number of halogens is 1. The highest BCUT2D eigenvalue weighted by Gasteiger charge is 2.55. The highest BCUT2D eigenvalue weighted by Crippen LogP contribution is 2.52. The minimum Gasteiger partial charge on any atom is -0.487 e. The Bertz CT molecular complexity index is 468. The molecule has 2 nitrogen and oxygen atoms in total. The lowest BCUT2D eigenvalue weighted by atomic mass is 9.55. The Morgan fingerprint density at radius 1 is 1.26 bits per heavy atom. The fourth-order valence-corrected chi connectivity index (χ4v) is 3.70. The van der Waals surface area contributed by atoms with Gasteiger partial charge in [0.05, 0.1) is 0 Å². The molecular formula is C16H22FNO. The third kappa shape index (κ3) is 2.14. The van der Waals surface area contributed by atoms with E-state index in [0.29, 0.717) is 5.75 Å². The quantitative estimate of drug-likeness (QED) is 0.885. The molecule has 0 heterocycles. The number of benzene rings is 1. The van der Waals surface area contributed by atoms with Crippen molar-refractivity contribution in [3.05, 3.63) is 29.6 Å². The second kappa shape index (κ2) is 4.78. The van der Waals surface area contributed by atoms with Crippen molar-refractivity contribution in [1.29, 1.82) is 0 Å². The fraction of sp³-hybridized carbons (Fsp3) is 0.625. The smallest absolute Gasteiger partial charge is 0.165 e. The first-order chi connectivity index (χ1) is 9.12. The summed E-state index contributed by atoms with van der Waals surface area (Å²) in [6.45, 7) is 1.95. The van der Waals surface area contributed by atoms with E-state index in [9.17, 15) is 4.39 Å². The van der Waals surface area contributed by atoms with E-state index in [1.165, 1.54) is 25.3 Å². The number of nitrogens with two attached hydrogens (primary N) is 1. The number of aryl methyl sites for hydroxylation is 1. The predicted octanol–water partition coefficient (Wildman–Crippen LogP) is 3.56. The Hall–Kier alpha value is -1.09. The molecular weight excluding hydrogens is 241 g/mol. The van der Waals surface area contributed by atoms with Crippen LogP contribution in [-0.4, -0.2) is 12.1 Å². The van der Waals surface area contributed by atoms with Crippen molar-refractivity contribution in [2.24, 2.45) is 11.1 Å². The lowest BCUT2D eigenvalue weighted by Crippen LogP contribution is -2.64. The molecule has 3 heteroatoms. The number of ether oxygens (including phenoxy) is 1. The molecule has 3 rings (SSSR count). The molecule has 2 saturated carbocycles. The standard InChI is InChI=1S/C16H22FNO/c1-11-5-6-12(17)13(9-11)19-15-10-14(18)16(15)7-3-2-4-8-16/h5-6,9,14-15H,2-4,7-8,10,18H2,1H3. The molecule has 0 aromatic heterocycles. The van der Waals surface area contributed by atoms with Gasteiger partial charge in [-0.1, -0.05) is 25.3 Å². The van der Waals surface area contributed by atoms with Gasteiger partial charge < -0.3 is 10.5 Å². The van der Waals surface area contributed by atoms with E-state index in [1.807, 2.05) is 6.92 Å². The summed E-state index contributed by atoms with van der Waals surface area (Å²) in [4.78, 5) is 0. The van der Waals surface area contributed by atoms with Gasteiger partial charge in [0.15, 0.2) is 11.6 Å². The maximum absolute atomic E-state index is 13.8. The number of hydrogen-bond donors (Lipinski definition) is 1. The molecule has 0 aliphatic heterocycles. The zero-order chi connectivity index (χ0) is 13.5. The van der Waals surface area contributed by atoms with Crippen LogP contribution in [0.3, 0.4) is 0 Å². The summed E-state index contributed by atoms with van der Waals surface area (Å²) in [6, 6.07) is 5.27. The Labute approximate surface area is 114 Å². The van der Waals surface area contributed by atoms with Gasteiger partial charge in [-0.3, -0.25) is 0 Å². The van der Waals surface area contributed by atoms with Crippen LogP contribution in [0.1, 0.15) is 44.1 Å². The van der Waals surface area contributed by atoms with Crippen LogP contribution in [0, 0.1) is 18.2 Å². The van der Waals surface area contributed by atoms with Gasteiger partial charge in [-0.15, -0.1) is 0 Å². The van der Waals surface area contributed by atoms with Crippen LogP contribution in [0.4, 0.5) is 4.39 Å². The first-order valence-electron chi connectivity index (χ1n) is 7.30. The van der Waals surface area contributed by atoms with Gasteiger partial charge in [0.2, 0.25) is 0 Å². The van der Waals surface area contributed by atoms with Gasteiger partial charge >= 0.3 is 0 Å². The van der Waals surface area contributed by atoms with Crippen LogP contribution >= 0.6 is 0 Å². The number of rotatable bonds is 2. The molecule has 1 spiro atoms. The van der Waals surface area contributed by atoms with Crippen LogP contribution < -0.4 is 10.5 Å². The van der Waals surface area contributed by atoms with Crippen molar-refractivity contribution in [2.75, 3.05) is 0 Å². The molecule has 104 valence electrons. The average Bonchev–Trinajstić information content (AvgIpc) is 2.43. The molecule has 2 unspecified atom stereocenters. The van der Waals surface area contributed by atoms with E-state index in [1.54, 1.807) is 12.1 Å². The Kier molecular flexibility index (Phi) is 3.25. The summed E-state index contributed by atoms with van der Waals surface area (Å²) in [6.07, 6.45) is 6.96. The van der Waals surface area contributed by atoms with E-state index >= 15 is 0 Å². The second-order valence-electron chi connectivity index (χ2n) is 6.18. The molecule has 0 bridgehead atoms. The third-order valence-corrected chi connectivity index (χ3v) is 4.99. The van der Waals surface area contributed by atoms with Gasteiger partial charge in [0.25, 0.3) is 0 Å². The van der Waals surface area contributed by atoms with Gasteiger partial charge in [0.1, 0.15) is 6.10 Å². The maximum Gasteiger partial charge on any atom is 0.165 e. The molecule has 0 saturated heterocycles. The lowest BCUT2D eigenvalue weighted by molar-refractivity contribution is -0.0911. The Balaban J connectivity index is 1.78. The topological polar surface area (TPSA) is 35.2 Å². The van der Waals surface area contributed by atoms with Crippen LogP contribution in [0.5, 0.6) is 5.75 Å². The second-order valence-corrected chi connectivity index (χ2v) is 6.18. The van der Waals surface area contributed by atoms with Crippen LogP contribution in [-0.2, 0) is 0 Å². The van der Waals surface area contributed by atoms with E-state index in [0.717, 1.165) is 24.8 Å².